The Morgan fingerprint density at radius 1 is 1.09 bits per heavy atom. The lowest BCUT2D eigenvalue weighted by molar-refractivity contribution is 0.0987. The van der Waals surface area contributed by atoms with Crippen LogP contribution in [0, 0.1) is 18.6 Å². The molecule has 0 bridgehead atoms. The van der Waals surface area contributed by atoms with Gasteiger partial charge in [0.1, 0.15) is 17.3 Å². The monoisotopic (exact) mass is 314 g/mol. The molecule has 2 aromatic carbocycles. The molecule has 3 rings (SSSR count). The average molecular weight is 314 g/mol. The van der Waals surface area contributed by atoms with E-state index in [1.807, 2.05) is 31.2 Å². The van der Waals surface area contributed by atoms with Crippen molar-refractivity contribution >= 4 is 11.6 Å². The quantitative estimate of drug-likeness (QED) is 0.789. The number of rotatable bonds is 3. The fraction of sp³-hybridized carbons (Fsp3) is 0.0588. The first-order valence-corrected chi connectivity index (χ1v) is 6.83. The van der Waals surface area contributed by atoms with E-state index in [4.69, 9.17) is 4.52 Å². The molecule has 0 radical (unpaired) electrons. The SMILES string of the molecule is Cc1ccc(-c2cc(C(=O)Nc3ccc(F)cc3F)on2)cc1. The zero-order valence-electron chi connectivity index (χ0n) is 12.1. The van der Waals surface area contributed by atoms with E-state index in [9.17, 15) is 13.6 Å². The van der Waals surface area contributed by atoms with Crippen LogP contribution in [-0.4, -0.2) is 11.1 Å². The number of hydrogen-bond acceptors (Lipinski definition) is 3. The molecule has 0 aliphatic rings. The summed E-state index contributed by atoms with van der Waals surface area (Å²) < 4.78 is 31.4. The number of benzene rings is 2. The van der Waals surface area contributed by atoms with Crippen LogP contribution in [0.2, 0.25) is 0 Å². The second-order valence-electron chi connectivity index (χ2n) is 5.02. The number of aryl methyl sites for hydroxylation is 1. The third-order valence-corrected chi connectivity index (χ3v) is 3.26. The predicted octanol–water partition coefficient (Wildman–Crippen LogP) is 4.18. The van der Waals surface area contributed by atoms with Gasteiger partial charge in [0, 0.05) is 17.7 Å². The van der Waals surface area contributed by atoms with Crippen molar-refractivity contribution in [2.75, 3.05) is 5.32 Å². The van der Waals surface area contributed by atoms with E-state index in [-0.39, 0.29) is 11.4 Å². The van der Waals surface area contributed by atoms with Crippen LogP contribution in [0.3, 0.4) is 0 Å². The predicted molar refractivity (Wildman–Crippen MR) is 81.0 cm³/mol. The maximum absolute atomic E-state index is 13.5. The Labute approximate surface area is 130 Å². The second kappa shape index (κ2) is 6.00. The van der Waals surface area contributed by atoms with E-state index in [1.165, 1.54) is 6.07 Å². The van der Waals surface area contributed by atoms with Crippen LogP contribution < -0.4 is 5.32 Å². The third-order valence-electron chi connectivity index (χ3n) is 3.26. The molecule has 0 saturated heterocycles. The van der Waals surface area contributed by atoms with Gasteiger partial charge >= 0.3 is 0 Å². The Kier molecular flexibility index (Phi) is 3.89. The highest BCUT2D eigenvalue weighted by atomic mass is 19.1. The van der Waals surface area contributed by atoms with Crippen LogP contribution in [0.1, 0.15) is 16.1 Å². The molecular formula is C17H12F2N2O2. The van der Waals surface area contributed by atoms with Crippen molar-refractivity contribution in [3.63, 3.8) is 0 Å². The molecule has 23 heavy (non-hydrogen) atoms. The number of halogens is 2. The molecule has 0 spiro atoms. The molecule has 4 nitrogen and oxygen atoms in total. The molecule has 1 aromatic heterocycles. The fourth-order valence-corrected chi connectivity index (χ4v) is 2.02. The lowest BCUT2D eigenvalue weighted by atomic mass is 10.1. The zero-order chi connectivity index (χ0) is 16.4. The molecular weight excluding hydrogens is 302 g/mol. The van der Waals surface area contributed by atoms with Gasteiger partial charge in [-0.05, 0) is 19.1 Å². The Bertz CT molecular complexity index is 857. The average Bonchev–Trinajstić information content (AvgIpc) is 3.01. The number of aromatic nitrogens is 1. The van der Waals surface area contributed by atoms with Gasteiger partial charge in [0.05, 0.1) is 5.69 Å². The number of anilines is 1. The maximum atomic E-state index is 13.5. The van der Waals surface area contributed by atoms with Crippen LogP contribution in [-0.2, 0) is 0 Å². The van der Waals surface area contributed by atoms with Crippen molar-refractivity contribution in [3.05, 3.63) is 71.5 Å². The van der Waals surface area contributed by atoms with Crippen LogP contribution in [0.25, 0.3) is 11.3 Å². The van der Waals surface area contributed by atoms with Gasteiger partial charge in [-0.2, -0.15) is 0 Å². The minimum Gasteiger partial charge on any atom is -0.350 e. The van der Waals surface area contributed by atoms with Gasteiger partial charge < -0.3 is 9.84 Å². The Hall–Kier alpha value is -3.02. The molecule has 1 heterocycles. The molecule has 0 unspecified atom stereocenters. The first-order chi connectivity index (χ1) is 11.0. The Balaban J connectivity index is 1.79. The van der Waals surface area contributed by atoms with Crippen molar-refractivity contribution in [3.8, 4) is 11.3 Å². The second-order valence-corrected chi connectivity index (χ2v) is 5.02. The lowest BCUT2D eigenvalue weighted by Crippen LogP contribution is -2.12. The summed E-state index contributed by atoms with van der Waals surface area (Å²) in [6, 6.07) is 11.9. The summed E-state index contributed by atoms with van der Waals surface area (Å²) in [6.45, 7) is 1.96. The first kappa shape index (κ1) is 14.9. The highest BCUT2D eigenvalue weighted by Crippen LogP contribution is 2.21. The first-order valence-electron chi connectivity index (χ1n) is 6.83. The third kappa shape index (κ3) is 3.26. The van der Waals surface area contributed by atoms with E-state index < -0.39 is 17.5 Å². The lowest BCUT2D eigenvalue weighted by Gasteiger charge is -2.03. The van der Waals surface area contributed by atoms with Crippen LogP contribution in [0.4, 0.5) is 14.5 Å². The largest absolute Gasteiger partial charge is 0.350 e. The summed E-state index contributed by atoms with van der Waals surface area (Å²) in [7, 11) is 0. The molecule has 0 aliphatic carbocycles. The van der Waals surface area contributed by atoms with E-state index in [0.29, 0.717) is 11.8 Å². The van der Waals surface area contributed by atoms with Crippen LogP contribution >= 0.6 is 0 Å². The van der Waals surface area contributed by atoms with E-state index in [0.717, 1.165) is 23.3 Å². The highest BCUT2D eigenvalue weighted by molar-refractivity contribution is 6.02. The number of carbonyl (C=O) groups excluding carboxylic acids is 1. The van der Waals surface area contributed by atoms with Crippen molar-refractivity contribution in [2.45, 2.75) is 6.92 Å². The summed E-state index contributed by atoms with van der Waals surface area (Å²) in [5, 5.41) is 6.14. The summed E-state index contributed by atoms with van der Waals surface area (Å²) >= 11 is 0. The van der Waals surface area contributed by atoms with Gasteiger partial charge in [-0.1, -0.05) is 35.0 Å². The minimum absolute atomic E-state index is 0.0655. The number of hydrogen-bond donors (Lipinski definition) is 1. The van der Waals surface area contributed by atoms with Crippen molar-refractivity contribution in [2.24, 2.45) is 0 Å². The van der Waals surface area contributed by atoms with Gasteiger partial charge in [0.25, 0.3) is 5.91 Å². The van der Waals surface area contributed by atoms with Gasteiger partial charge in [-0.15, -0.1) is 0 Å². The molecule has 0 fully saturated rings. The molecule has 116 valence electrons. The Morgan fingerprint density at radius 2 is 1.83 bits per heavy atom. The van der Waals surface area contributed by atoms with E-state index in [2.05, 4.69) is 10.5 Å². The maximum Gasteiger partial charge on any atom is 0.294 e. The summed E-state index contributed by atoms with van der Waals surface area (Å²) in [4.78, 5) is 12.0. The number of carbonyl (C=O) groups is 1. The van der Waals surface area contributed by atoms with Gasteiger partial charge in [-0.3, -0.25) is 4.79 Å². The van der Waals surface area contributed by atoms with Gasteiger partial charge in [0.2, 0.25) is 5.76 Å². The zero-order valence-corrected chi connectivity index (χ0v) is 12.1. The number of nitrogens with zero attached hydrogens (tertiary/aromatic N) is 1. The van der Waals surface area contributed by atoms with Crippen LogP contribution in [0.5, 0.6) is 0 Å². The highest BCUT2D eigenvalue weighted by Gasteiger charge is 2.16. The minimum atomic E-state index is -0.864. The van der Waals surface area contributed by atoms with Crippen molar-refractivity contribution < 1.29 is 18.1 Å². The van der Waals surface area contributed by atoms with E-state index >= 15 is 0 Å². The molecule has 0 saturated carbocycles. The Morgan fingerprint density at radius 3 is 2.52 bits per heavy atom. The van der Waals surface area contributed by atoms with Crippen molar-refractivity contribution in [1.29, 1.82) is 0 Å². The molecule has 1 N–H and O–H groups in total. The molecule has 1 amide bonds. The number of nitrogens with one attached hydrogen (secondary N) is 1. The standard InChI is InChI=1S/C17H12F2N2O2/c1-10-2-4-11(5-3-10)15-9-16(23-21-15)17(22)20-14-7-6-12(18)8-13(14)19/h2-9H,1H3,(H,20,22). The topological polar surface area (TPSA) is 55.1 Å². The van der Waals surface area contributed by atoms with Crippen molar-refractivity contribution in [1.82, 2.24) is 5.16 Å². The molecule has 3 aromatic rings. The molecule has 6 heteroatoms. The van der Waals surface area contributed by atoms with Gasteiger partial charge in [-0.25, -0.2) is 8.78 Å². The summed E-state index contributed by atoms with van der Waals surface area (Å²) in [5.74, 6) is -2.32. The summed E-state index contributed by atoms with van der Waals surface area (Å²) in [6.07, 6.45) is 0. The van der Waals surface area contributed by atoms with Gasteiger partial charge in [0.15, 0.2) is 0 Å². The normalized spacial score (nSPS) is 10.6. The molecule has 0 atom stereocenters. The van der Waals surface area contributed by atoms with Crippen LogP contribution in [0.15, 0.2) is 53.1 Å². The summed E-state index contributed by atoms with van der Waals surface area (Å²) in [5.41, 5.74) is 2.26. The van der Waals surface area contributed by atoms with E-state index in [1.54, 1.807) is 0 Å². The number of amides is 1. The fourth-order valence-electron chi connectivity index (χ4n) is 2.02. The molecule has 0 aliphatic heterocycles. The smallest absolute Gasteiger partial charge is 0.294 e.